The van der Waals surface area contributed by atoms with E-state index in [9.17, 15) is 18.7 Å². The second kappa shape index (κ2) is 8.57. The van der Waals surface area contributed by atoms with Crippen LogP contribution in [-0.2, 0) is 6.54 Å². The SMILES string of the molecule is O=C(NCc1ccccc1OC(F)F)N1CCN(c2ccccc2O)CC1. The van der Waals surface area contributed by atoms with Gasteiger partial charge in [0, 0.05) is 38.3 Å². The van der Waals surface area contributed by atoms with Crippen LogP contribution < -0.4 is 15.0 Å². The highest BCUT2D eigenvalue weighted by Crippen LogP contribution is 2.27. The van der Waals surface area contributed by atoms with Crippen molar-refractivity contribution < 1.29 is 23.4 Å². The van der Waals surface area contributed by atoms with Crippen LogP contribution in [0.5, 0.6) is 11.5 Å². The highest BCUT2D eigenvalue weighted by molar-refractivity contribution is 5.74. The van der Waals surface area contributed by atoms with Gasteiger partial charge in [-0.15, -0.1) is 0 Å². The van der Waals surface area contributed by atoms with E-state index >= 15 is 0 Å². The number of hydrogen-bond donors (Lipinski definition) is 2. The van der Waals surface area contributed by atoms with Crippen molar-refractivity contribution in [3.05, 3.63) is 54.1 Å². The van der Waals surface area contributed by atoms with E-state index in [1.54, 1.807) is 35.2 Å². The lowest BCUT2D eigenvalue weighted by atomic mass is 10.2. The molecule has 0 unspecified atom stereocenters. The van der Waals surface area contributed by atoms with Gasteiger partial charge in [0.2, 0.25) is 0 Å². The Hall–Kier alpha value is -3.03. The molecule has 0 spiro atoms. The number of halogens is 2. The van der Waals surface area contributed by atoms with Crippen molar-refractivity contribution in [2.24, 2.45) is 0 Å². The highest BCUT2D eigenvalue weighted by atomic mass is 19.3. The summed E-state index contributed by atoms with van der Waals surface area (Å²) < 4.78 is 29.4. The molecule has 0 radical (unpaired) electrons. The molecule has 1 heterocycles. The number of para-hydroxylation sites is 3. The maximum absolute atomic E-state index is 12.5. The molecule has 1 aliphatic heterocycles. The number of amides is 2. The fraction of sp³-hybridized carbons (Fsp3) is 0.316. The molecular weight excluding hydrogens is 356 g/mol. The normalized spacial score (nSPS) is 14.3. The van der Waals surface area contributed by atoms with Crippen LogP contribution in [0.4, 0.5) is 19.3 Å². The summed E-state index contributed by atoms with van der Waals surface area (Å²) in [7, 11) is 0. The molecule has 8 heteroatoms. The predicted molar refractivity (Wildman–Crippen MR) is 97.2 cm³/mol. The van der Waals surface area contributed by atoms with Crippen molar-refractivity contribution in [2.75, 3.05) is 31.1 Å². The minimum Gasteiger partial charge on any atom is -0.506 e. The fourth-order valence-electron chi connectivity index (χ4n) is 3.03. The first-order chi connectivity index (χ1) is 13.0. The average molecular weight is 377 g/mol. The largest absolute Gasteiger partial charge is 0.506 e. The molecule has 0 atom stereocenters. The number of ether oxygens (including phenoxy) is 1. The number of nitrogens with one attached hydrogen (secondary N) is 1. The number of phenolic OH excluding ortho intramolecular Hbond substituents is 1. The number of phenols is 1. The molecule has 0 aromatic heterocycles. The van der Waals surface area contributed by atoms with Gasteiger partial charge in [0.1, 0.15) is 11.5 Å². The Kier molecular flexibility index (Phi) is 5.95. The molecule has 1 aliphatic rings. The zero-order valence-corrected chi connectivity index (χ0v) is 14.6. The summed E-state index contributed by atoms with van der Waals surface area (Å²) in [5, 5.41) is 12.7. The van der Waals surface area contributed by atoms with Crippen LogP contribution in [0, 0.1) is 0 Å². The van der Waals surface area contributed by atoms with Crippen molar-refractivity contribution in [1.82, 2.24) is 10.2 Å². The summed E-state index contributed by atoms with van der Waals surface area (Å²) in [4.78, 5) is 16.1. The van der Waals surface area contributed by atoms with E-state index < -0.39 is 6.61 Å². The first-order valence-corrected chi connectivity index (χ1v) is 8.63. The molecule has 2 amide bonds. The van der Waals surface area contributed by atoms with E-state index in [0.717, 1.165) is 5.69 Å². The number of hydrogen-bond acceptors (Lipinski definition) is 4. The summed E-state index contributed by atoms with van der Waals surface area (Å²) >= 11 is 0. The van der Waals surface area contributed by atoms with Crippen molar-refractivity contribution in [3.63, 3.8) is 0 Å². The van der Waals surface area contributed by atoms with Crippen LogP contribution in [0.1, 0.15) is 5.56 Å². The van der Waals surface area contributed by atoms with Gasteiger partial charge in [-0.05, 0) is 18.2 Å². The number of urea groups is 1. The Balaban J connectivity index is 1.53. The third-order valence-corrected chi connectivity index (χ3v) is 4.41. The lowest BCUT2D eigenvalue weighted by molar-refractivity contribution is -0.0504. The third-order valence-electron chi connectivity index (χ3n) is 4.41. The molecule has 2 aromatic rings. The van der Waals surface area contributed by atoms with Crippen molar-refractivity contribution in [3.8, 4) is 11.5 Å². The van der Waals surface area contributed by atoms with E-state index in [-0.39, 0.29) is 24.1 Å². The van der Waals surface area contributed by atoms with E-state index in [0.29, 0.717) is 31.7 Å². The summed E-state index contributed by atoms with van der Waals surface area (Å²) in [6, 6.07) is 13.2. The van der Waals surface area contributed by atoms with Crippen LogP contribution in [0.3, 0.4) is 0 Å². The van der Waals surface area contributed by atoms with Gasteiger partial charge >= 0.3 is 12.6 Å². The van der Waals surface area contributed by atoms with E-state index in [1.807, 2.05) is 17.0 Å². The van der Waals surface area contributed by atoms with Crippen LogP contribution >= 0.6 is 0 Å². The van der Waals surface area contributed by atoms with E-state index in [1.165, 1.54) is 6.07 Å². The Bertz CT molecular complexity index is 780. The van der Waals surface area contributed by atoms with Crippen LogP contribution in [0.25, 0.3) is 0 Å². The summed E-state index contributed by atoms with van der Waals surface area (Å²) in [6.07, 6.45) is 0. The standard InChI is InChI=1S/C19H21F2N3O3/c20-18(21)27-17-8-4-1-5-14(17)13-22-19(26)24-11-9-23(10-12-24)15-6-2-3-7-16(15)25/h1-8,18,25H,9-13H2,(H,22,26). The number of benzene rings is 2. The first-order valence-electron chi connectivity index (χ1n) is 8.63. The van der Waals surface area contributed by atoms with Gasteiger partial charge in [-0.3, -0.25) is 0 Å². The maximum atomic E-state index is 12.5. The molecule has 27 heavy (non-hydrogen) atoms. The molecule has 0 saturated carbocycles. The molecule has 2 N–H and O–H groups in total. The molecule has 1 saturated heterocycles. The quantitative estimate of drug-likeness (QED) is 0.841. The molecule has 0 bridgehead atoms. The second-order valence-electron chi connectivity index (χ2n) is 6.11. The molecule has 6 nitrogen and oxygen atoms in total. The molecule has 0 aliphatic carbocycles. The number of carbonyl (C=O) groups excluding carboxylic acids is 1. The Morgan fingerprint density at radius 1 is 1.07 bits per heavy atom. The number of rotatable bonds is 5. The minimum atomic E-state index is -2.91. The Morgan fingerprint density at radius 3 is 2.44 bits per heavy atom. The molecule has 1 fully saturated rings. The highest BCUT2D eigenvalue weighted by Gasteiger charge is 2.22. The van der Waals surface area contributed by atoms with Crippen molar-refractivity contribution in [2.45, 2.75) is 13.2 Å². The second-order valence-corrected chi connectivity index (χ2v) is 6.11. The number of alkyl halides is 2. The van der Waals surface area contributed by atoms with Crippen molar-refractivity contribution >= 4 is 11.7 Å². The number of nitrogens with zero attached hydrogens (tertiary/aromatic N) is 2. The lowest BCUT2D eigenvalue weighted by Crippen LogP contribution is -2.51. The van der Waals surface area contributed by atoms with Crippen molar-refractivity contribution in [1.29, 1.82) is 0 Å². The first kappa shape index (κ1) is 18.8. The van der Waals surface area contributed by atoms with Gasteiger partial charge in [0.15, 0.2) is 0 Å². The fourth-order valence-corrected chi connectivity index (χ4v) is 3.03. The molecule has 2 aromatic carbocycles. The molecular formula is C19H21F2N3O3. The van der Waals surface area contributed by atoms with E-state index in [2.05, 4.69) is 10.1 Å². The topological polar surface area (TPSA) is 65.0 Å². The van der Waals surface area contributed by atoms with Gasteiger partial charge < -0.3 is 25.0 Å². The smallest absolute Gasteiger partial charge is 0.387 e. The average Bonchev–Trinajstić information content (AvgIpc) is 2.67. The van der Waals surface area contributed by atoms with E-state index in [4.69, 9.17) is 0 Å². The molecule has 144 valence electrons. The van der Waals surface area contributed by atoms with Gasteiger partial charge in [-0.1, -0.05) is 30.3 Å². The zero-order valence-electron chi connectivity index (χ0n) is 14.6. The Labute approximate surface area is 156 Å². The third kappa shape index (κ3) is 4.78. The lowest BCUT2D eigenvalue weighted by Gasteiger charge is -2.36. The summed E-state index contributed by atoms with van der Waals surface area (Å²) in [5.41, 5.74) is 1.23. The van der Waals surface area contributed by atoms with Crippen LogP contribution in [-0.4, -0.2) is 48.8 Å². The van der Waals surface area contributed by atoms with Crippen LogP contribution in [0.2, 0.25) is 0 Å². The Morgan fingerprint density at radius 2 is 1.74 bits per heavy atom. The monoisotopic (exact) mass is 377 g/mol. The minimum absolute atomic E-state index is 0.0529. The summed E-state index contributed by atoms with van der Waals surface area (Å²) in [5.74, 6) is 0.267. The molecule has 3 rings (SSSR count). The van der Waals surface area contributed by atoms with Gasteiger partial charge in [-0.2, -0.15) is 8.78 Å². The van der Waals surface area contributed by atoms with Gasteiger partial charge in [0.25, 0.3) is 0 Å². The zero-order chi connectivity index (χ0) is 19.2. The number of anilines is 1. The van der Waals surface area contributed by atoms with Gasteiger partial charge in [0.05, 0.1) is 5.69 Å². The van der Waals surface area contributed by atoms with Gasteiger partial charge in [-0.25, -0.2) is 4.79 Å². The predicted octanol–water partition coefficient (Wildman–Crippen LogP) is 3.03. The van der Waals surface area contributed by atoms with Crippen LogP contribution in [0.15, 0.2) is 48.5 Å². The summed E-state index contributed by atoms with van der Waals surface area (Å²) in [6.45, 7) is -0.637. The number of carbonyl (C=O) groups is 1. The maximum Gasteiger partial charge on any atom is 0.387 e. The number of piperazine rings is 1. The number of aromatic hydroxyl groups is 1.